The third-order valence-corrected chi connectivity index (χ3v) is 3.20. The molecule has 2 aliphatic rings. The summed E-state index contributed by atoms with van der Waals surface area (Å²) in [5.41, 5.74) is 0.382. The topological polar surface area (TPSA) is 12.5 Å². The number of rotatable bonds is 2. The summed E-state index contributed by atoms with van der Waals surface area (Å²) in [5, 5.41) is 0. The zero-order valence-corrected chi connectivity index (χ0v) is 9.48. The highest BCUT2D eigenvalue weighted by atomic mass is 79.9. The second-order valence-corrected chi connectivity index (χ2v) is 5.19. The molecule has 1 heterocycles. The largest absolute Gasteiger partial charge is 0.379 e. The molecule has 0 radical (unpaired) electrons. The number of hydrogen-bond acceptors (Lipinski definition) is 2. The highest BCUT2D eigenvalue weighted by molar-refractivity contribution is 9.11. The lowest BCUT2D eigenvalue weighted by Crippen LogP contribution is -2.40. The molecule has 1 aliphatic heterocycles. The molecule has 0 unspecified atom stereocenters. The van der Waals surface area contributed by atoms with E-state index in [9.17, 15) is 0 Å². The van der Waals surface area contributed by atoms with Crippen LogP contribution in [0.5, 0.6) is 0 Å². The number of halogens is 1. The first-order valence-corrected chi connectivity index (χ1v) is 5.68. The molecule has 1 saturated heterocycles. The van der Waals surface area contributed by atoms with Gasteiger partial charge in [0.05, 0.1) is 6.61 Å². The minimum atomic E-state index is 0.382. The molecule has 0 amide bonds. The predicted octanol–water partition coefficient (Wildman–Crippen LogP) is 2.15. The summed E-state index contributed by atoms with van der Waals surface area (Å²) in [4.78, 5) is 2.52. The van der Waals surface area contributed by atoms with Crippen molar-refractivity contribution in [1.29, 1.82) is 0 Å². The first-order valence-electron chi connectivity index (χ1n) is 4.89. The number of ether oxygens (including phenoxy) is 1. The molecule has 2 fully saturated rings. The smallest absolute Gasteiger partial charge is 0.0650 e. The van der Waals surface area contributed by atoms with Crippen LogP contribution in [0.2, 0.25) is 0 Å². The van der Waals surface area contributed by atoms with Gasteiger partial charge < -0.3 is 4.74 Å². The first-order chi connectivity index (χ1) is 6.23. The monoisotopic (exact) mass is 245 g/mol. The van der Waals surface area contributed by atoms with E-state index in [1.54, 1.807) is 0 Å². The van der Waals surface area contributed by atoms with Crippen LogP contribution in [-0.2, 0) is 4.74 Å². The standard InChI is InChI=1S/C10H16BrNO/c1-9(11)7-12-5-2-6-13-8-10(12)3-4-10/h1-8H2. The van der Waals surface area contributed by atoms with Crippen molar-refractivity contribution in [2.75, 3.05) is 26.3 Å². The van der Waals surface area contributed by atoms with Crippen molar-refractivity contribution >= 4 is 15.9 Å². The van der Waals surface area contributed by atoms with Crippen LogP contribution < -0.4 is 0 Å². The Balaban J connectivity index is 2.00. The summed E-state index contributed by atoms with van der Waals surface area (Å²) in [6, 6.07) is 0. The summed E-state index contributed by atoms with van der Waals surface area (Å²) < 4.78 is 6.68. The van der Waals surface area contributed by atoms with Crippen LogP contribution in [0.4, 0.5) is 0 Å². The van der Waals surface area contributed by atoms with Gasteiger partial charge in [0, 0.05) is 29.7 Å². The Kier molecular flexibility index (Phi) is 2.77. The van der Waals surface area contributed by atoms with Crippen LogP contribution in [0.3, 0.4) is 0 Å². The van der Waals surface area contributed by atoms with Gasteiger partial charge in [-0.05, 0) is 19.3 Å². The van der Waals surface area contributed by atoms with Crippen LogP contribution in [0.25, 0.3) is 0 Å². The van der Waals surface area contributed by atoms with Gasteiger partial charge in [-0.2, -0.15) is 0 Å². The minimum absolute atomic E-state index is 0.382. The van der Waals surface area contributed by atoms with Gasteiger partial charge in [-0.25, -0.2) is 0 Å². The molecule has 3 heteroatoms. The predicted molar refractivity (Wildman–Crippen MR) is 57.0 cm³/mol. The van der Waals surface area contributed by atoms with Crippen LogP contribution in [0.1, 0.15) is 19.3 Å². The van der Waals surface area contributed by atoms with Crippen molar-refractivity contribution in [2.24, 2.45) is 0 Å². The molecule has 13 heavy (non-hydrogen) atoms. The van der Waals surface area contributed by atoms with Crippen molar-refractivity contribution in [1.82, 2.24) is 4.90 Å². The van der Waals surface area contributed by atoms with Gasteiger partial charge in [0.15, 0.2) is 0 Å². The molecule has 0 N–H and O–H groups in total. The van der Waals surface area contributed by atoms with Gasteiger partial charge in [0.1, 0.15) is 0 Å². The van der Waals surface area contributed by atoms with Gasteiger partial charge in [-0.3, -0.25) is 4.90 Å². The molecule has 0 bridgehead atoms. The van der Waals surface area contributed by atoms with Crippen LogP contribution in [0.15, 0.2) is 11.1 Å². The Morgan fingerprint density at radius 1 is 1.54 bits per heavy atom. The molecule has 2 nitrogen and oxygen atoms in total. The molecule has 0 aromatic rings. The number of nitrogens with zero attached hydrogens (tertiary/aromatic N) is 1. The van der Waals surface area contributed by atoms with Gasteiger partial charge in [0.2, 0.25) is 0 Å². The minimum Gasteiger partial charge on any atom is -0.379 e. The fraction of sp³-hybridized carbons (Fsp3) is 0.800. The highest BCUT2D eigenvalue weighted by Gasteiger charge is 2.48. The Bertz CT molecular complexity index is 213. The molecule has 1 saturated carbocycles. The summed E-state index contributed by atoms with van der Waals surface area (Å²) >= 11 is 3.44. The van der Waals surface area contributed by atoms with E-state index in [1.165, 1.54) is 12.8 Å². The van der Waals surface area contributed by atoms with E-state index < -0.39 is 0 Å². The number of hydrogen-bond donors (Lipinski definition) is 0. The molecule has 1 spiro atoms. The van der Waals surface area contributed by atoms with E-state index >= 15 is 0 Å². The van der Waals surface area contributed by atoms with Gasteiger partial charge in [0.25, 0.3) is 0 Å². The van der Waals surface area contributed by atoms with Crippen molar-refractivity contribution in [3.05, 3.63) is 11.1 Å². The van der Waals surface area contributed by atoms with Crippen LogP contribution in [0, 0.1) is 0 Å². The quantitative estimate of drug-likeness (QED) is 0.740. The molecule has 0 aromatic carbocycles. The second-order valence-electron chi connectivity index (χ2n) is 4.07. The summed E-state index contributed by atoms with van der Waals surface area (Å²) in [6.07, 6.45) is 3.75. The van der Waals surface area contributed by atoms with E-state index in [2.05, 4.69) is 27.4 Å². The van der Waals surface area contributed by atoms with E-state index in [0.717, 1.165) is 37.2 Å². The summed E-state index contributed by atoms with van der Waals surface area (Å²) in [6.45, 7) is 7.89. The third kappa shape index (κ3) is 2.14. The van der Waals surface area contributed by atoms with Gasteiger partial charge in [-0.15, -0.1) is 0 Å². The zero-order valence-electron chi connectivity index (χ0n) is 7.89. The Hall–Kier alpha value is 0.140. The highest BCUT2D eigenvalue weighted by Crippen LogP contribution is 2.43. The van der Waals surface area contributed by atoms with Crippen molar-refractivity contribution < 1.29 is 4.74 Å². The van der Waals surface area contributed by atoms with Crippen LogP contribution >= 0.6 is 15.9 Å². The second kappa shape index (κ2) is 3.71. The molecule has 1 aliphatic carbocycles. The van der Waals surface area contributed by atoms with E-state index in [4.69, 9.17) is 4.74 Å². The van der Waals surface area contributed by atoms with Crippen molar-refractivity contribution in [2.45, 2.75) is 24.8 Å². The molecule has 2 rings (SSSR count). The summed E-state index contributed by atoms with van der Waals surface area (Å²) in [7, 11) is 0. The molecular weight excluding hydrogens is 230 g/mol. The van der Waals surface area contributed by atoms with E-state index in [0.29, 0.717) is 5.54 Å². The average molecular weight is 246 g/mol. The van der Waals surface area contributed by atoms with Crippen LogP contribution in [-0.4, -0.2) is 36.7 Å². The van der Waals surface area contributed by atoms with E-state index in [-0.39, 0.29) is 0 Å². The lowest BCUT2D eigenvalue weighted by molar-refractivity contribution is 0.0922. The average Bonchev–Trinajstić information content (AvgIpc) is 2.84. The van der Waals surface area contributed by atoms with Gasteiger partial charge >= 0.3 is 0 Å². The van der Waals surface area contributed by atoms with E-state index in [1.807, 2.05) is 0 Å². The van der Waals surface area contributed by atoms with Gasteiger partial charge in [-0.1, -0.05) is 22.5 Å². The molecule has 0 atom stereocenters. The maximum Gasteiger partial charge on any atom is 0.0650 e. The molecule has 74 valence electrons. The third-order valence-electron chi connectivity index (χ3n) is 2.95. The fourth-order valence-corrected chi connectivity index (χ4v) is 2.31. The normalized spacial score (nSPS) is 27.2. The summed E-state index contributed by atoms with van der Waals surface area (Å²) in [5.74, 6) is 0. The Morgan fingerprint density at radius 3 is 2.92 bits per heavy atom. The maximum absolute atomic E-state index is 5.60. The Morgan fingerprint density at radius 2 is 2.31 bits per heavy atom. The Labute approximate surface area is 88.1 Å². The van der Waals surface area contributed by atoms with Crippen molar-refractivity contribution in [3.8, 4) is 0 Å². The maximum atomic E-state index is 5.60. The first kappa shape index (κ1) is 9.69. The lowest BCUT2D eigenvalue weighted by atomic mass is 10.2. The SMILES string of the molecule is C=C(Br)CN1CCCOCC12CC2. The molecule has 0 aromatic heterocycles. The zero-order chi connectivity index (χ0) is 9.31. The van der Waals surface area contributed by atoms with Crippen molar-refractivity contribution in [3.63, 3.8) is 0 Å². The fourth-order valence-electron chi connectivity index (χ4n) is 2.01. The lowest BCUT2D eigenvalue weighted by Gasteiger charge is -2.28. The molecular formula is C10H16BrNO.